The lowest BCUT2D eigenvalue weighted by atomic mass is 9.69. The van der Waals surface area contributed by atoms with Crippen LogP contribution in [0.1, 0.15) is 37.7 Å². The zero-order valence-electron chi connectivity index (χ0n) is 16.1. The van der Waals surface area contributed by atoms with Gasteiger partial charge in [0.1, 0.15) is 5.75 Å². The van der Waals surface area contributed by atoms with E-state index in [1.54, 1.807) is 19.1 Å². The number of rotatable bonds is 7. The number of fused-ring (bicyclic) bond motifs is 1. The molecule has 1 heterocycles. The molecule has 1 atom stereocenters. The minimum atomic E-state index is -0.623. The molecule has 27 heavy (non-hydrogen) atoms. The maximum absolute atomic E-state index is 13.3. The number of nitrogens with zero attached hydrogens (tertiary/aromatic N) is 1. The van der Waals surface area contributed by atoms with Gasteiger partial charge in [-0.3, -0.25) is 9.59 Å². The third-order valence-corrected chi connectivity index (χ3v) is 5.58. The third kappa shape index (κ3) is 3.86. The molecule has 1 aromatic carbocycles. The molecule has 1 aliphatic carbocycles. The molecule has 2 aliphatic rings. The number of para-hydroxylation sites is 1. The maximum Gasteiger partial charge on any atom is 0.232 e. The Balaban J connectivity index is 1.79. The zero-order valence-corrected chi connectivity index (χ0v) is 16.1. The number of hydrogen-bond donors (Lipinski definition) is 1. The van der Waals surface area contributed by atoms with Crippen LogP contribution in [0.25, 0.3) is 0 Å². The van der Waals surface area contributed by atoms with Crippen molar-refractivity contribution in [3.63, 3.8) is 0 Å². The number of carbonyl (C=O) groups excluding carboxylic acids is 2. The van der Waals surface area contributed by atoms with Crippen molar-refractivity contribution in [2.75, 3.05) is 27.4 Å². The molecule has 0 bridgehead atoms. The quantitative estimate of drug-likeness (QED) is 0.799. The van der Waals surface area contributed by atoms with Gasteiger partial charge in [0.05, 0.1) is 19.1 Å². The van der Waals surface area contributed by atoms with Crippen molar-refractivity contribution in [2.45, 2.75) is 38.6 Å². The van der Waals surface area contributed by atoms with Crippen LogP contribution in [0.15, 0.2) is 36.0 Å². The number of likely N-dealkylation sites (tertiary alicyclic amines) is 1. The van der Waals surface area contributed by atoms with E-state index in [0.29, 0.717) is 32.5 Å². The number of carbonyl (C=O) groups is 2. The Labute approximate surface area is 160 Å². The first-order valence-corrected chi connectivity index (χ1v) is 9.52. The van der Waals surface area contributed by atoms with E-state index >= 15 is 0 Å². The number of ether oxygens (including phenoxy) is 2. The molecule has 3 rings (SSSR count). The summed E-state index contributed by atoms with van der Waals surface area (Å²) in [5, 5.41) is 3.10. The Morgan fingerprint density at radius 3 is 2.85 bits per heavy atom. The van der Waals surface area contributed by atoms with Crippen molar-refractivity contribution < 1.29 is 19.1 Å². The fraction of sp³-hybridized carbons (Fsp3) is 0.524. The molecular weight excluding hydrogens is 344 g/mol. The Morgan fingerprint density at radius 2 is 2.07 bits per heavy atom. The van der Waals surface area contributed by atoms with E-state index in [1.807, 2.05) is 24.3 Å². The Morgan fingerprint density at radius 1 is 1.26 bits per heavy atom. The summed E-state index contributed by atoms with van der Waals surface area (Å²) >= 11 is 0. The first-order chi connectivity index (χ1) is 13.1. The Bertz CT molecular complexity index is 731. The van der Waals surface area contributed by atoms with Crippen molar-refractivity contribution in [1.29, 1.82) is 0 Å². The van der Waals surface area contributed by atoms with Crippen LogP contribution >= 0.6 is 0 Å². The van der Waals surface area contributed by atoms with Gasteiger partial charge < -0.3 is 19.7 Å². The Hall–Kier alpha value is -2.34. The molecule has 1 saturated heterocycles. The molecule has 1 aromatic rings. The van der Waals surface area contributed by atoms with Crippen LogP contribution in [0.5, 0.6) is 5.75 Å². The molecule has 2 amide bonds. The lowest BCUT2D eigenvalue weighted by Crippen LogP contribution is -2.53. The number of piperidine rings is 1. The summed E-state index contributed by atoms with van der Waals surface area (Å²) in [5.41, 5.74) is 1.18. The van der Waals surface area contributed by atoms with Crippen molar-refractivity contribution in [1.82, 2.24) is 10.2 Å². The molecule has 1 fully saturated rings. The zero-order chi connectivity index (χ0) is 19.3. The van der Waals surface area contributed by atoms with Crippen LogP contribution < -0.4 is 10.1 Å². The van der Waals surface area contributed by atoms with Gasteiger partial charge in [0.2, 0.25) is 11.8 Å². The van der Waals surface area contributed by atoms with Gasteiger partial charge in [0.25, 0.3) is 0 Å². The van der Waals surface area contributed by atoms with Crippen molar-refractivity contribution in [3.05, 3.63) is 41.6 Å². The number of benzene rings is 1. The smallest absolute Gasteiger partial charge is 0.232 e. The molecule has 1 aliphatic heterocycles. The number of allylic oxidation sites excluding steroid dienone is 1. The highest BCUT2D eigenvalue weighted by Crippen LogP contribution is 2.46. The molecule has 1 unspecified atom stereocenters. The van der Waals surface area contributed by atoms with Crippen LogP contribution in [0.4, 0.5) is 0 Å². The molecular formula is C21H28N2O4. The average Bonchev–Trinajstić information content (AvgIpc) is 2.71. The van der Waals surface area contributed by atoms with Crippen LogP contribution in [0.3, 0.4) is 0 Å². The predicted octanol–water partition coefficient (Wildman–Crippen LogP) is 2.63. The number of methoxy groups -OCH3 is 2. The topological polar surface area (TPSA) is 67.9 Å². The second kappa shape index (κ2) is 8.57. The third-order valence-electron chi connectivity index (χ3n) is 5.58. The highest BCUT2D eigenvalue weighted by atomic mass is 16.5. The van der Waals surface area contributed by atoms with Crippen LogP contribution in [0.2, 0.25) is 0 Å². The summed E-state index contributed by atoms with van der Waals surface area (Å²) in [5.74, 6) is 0.831. The van der Waals surface area contributed by atoms with Gasteiger partial charge in [-0.15, -0.1) is 0 Å². The van der Waals surface area contributed by atoms with E-state index in [-0.39, 0.29) is 11.8 Å². The second-order valence-corrected chi connectivity index (χ2v) is 7.10. The fourth-order valence-electron chi connectivity index (χ4n) is 4.14. The van der Waals surface area contributed by atoms with E-state index in [2.05, 4.69) is 11.4 Å². The first-order valence-electron chi connectivity index (χ1n) is 9.52. The summed E-state index contributed by atoms with van der Waals surface area (Å²) in [6.45, 7) is 1.36. The van der Waals surface area contributed by atoms with Gasteiger partial charge in [-0.05, 0) is 31.7 Å². The lowest BCUT2D eigenvalue weighted by molar-refractivity contribution is -0.141. The van der Waals surface area contributed by atoms with Gasteiger partial charge in [-0.2, -0.15) is 0 Å². The van der Waals surface area contributed by atoms with Gasteiger partial charge in [0.15, 0.2) is 0 Å². The maximum atomic E-state index is 13.3. The standard InChI is InChI=1S/C21H28N2O4/c1-26-14-13-23-18-9-5-6-11-21(18,12-10-19(23)24)20(25)22-15-16-7-3-4-8-17(16)27-2/h3-4,7-9H,5-6,10-15H2,1-2H3,(H,22,25). The second-order valence-electron chi connectivity index (χ2n) is 7.10. The summed E-state index contributed by atoms with van der Waals surface area (Å²) in [4.78, 5) is 27.5. The molecule has 6 heteroatoms. The number of hydrogen-bond acceptors (Lipinski definition) is 4. The monoisotopic (exact) mass is 372 g/mol. The van der Waals surface area contributed by atoms with Crippen LogP contribution in [0, 0.1) is 5.41 Å². The minimum absolute atomic E-state index is 0.00530. The van der Waals surface area contributed by atoms with E-state index in [1.165, 1.54) is 0 Å². The van der Waals surface area contributed by atoms with Gasteiger partial charge >= 0.3 is 0 Å². The highest BCUT2D eigenvalue weighted by Gasteiger charge is 2.49. The van der Waals surface area contributed by atoms with Crippen molar-refractivity contribution in [3.8, 4) is 5.75 Å². The molecule has 1 N–H and O–H groups in total. The van der Waals surface area contributed by atoms with Crippen molar-refractivity contribution in [2.24, 2.45) is 5.41 Å². The van der Waals surface area contributed by atoms with Gasteiger partial charge in [-0.25, -0.2) is 0 Å². The van der Waals surface area contributed by atoms with Crippen LogP contribution in [-0.4, -0.2) is 44.1 Å². The highest BCUT2D eigenvalue weighted by molar-refractivity contribution is 5.91. The lowest BCUT2D eigenvalue weighted by Gasteiger charge is -2.46. The molecule has 0 aromatic heterocycles. The molecule has 0 spiro atoms. The first kappa shape index (κ1) is 19.4. The molecule has 6 nitrogen and oxygen atoms in total. The largest absolute Gasteiger partial charge is 0.496 e. The van der Waals surface area contributed by atoms with E-state index in [0.717, 1.165) is 36.3 Å². The number of nitrogens with one attached hydrogen (secondary N) is 1. The van der Waals surface area contributed by atoms with E-state index < -0.39 is 5.41 Å². The van der Waals surface area contributed by atoms with Crippen LogP contribution in [-0.2, 0) is 20.9 Å². The predicted molar refractivity (Wildman–Crippen MR) is 102 cm³/mol. The summed E-state index contributed by atoms with van der Waals surface area (Å²) in [6, 6.07) is 7.67. The number of amides is 2. The van der Waals surface area contributed by atoms with Gasteiger partial charge in [0, 0.05) is 37.9 Å². The summed E-state index contributed by atoms with van der Waals surface area (Å²) in [6.07, 6.45) is 5.65. The van der Waals surface area contributed by atoms with E-state index in [4.69, 9.17) is 9.47 Å². The average molecular weight is 372 g/mol. The van der Waals surface area contributed by atoms with Crippen molar-refractivity contribution >= 4 is 11.8 Å². The molecule has 0 saturated carbocycles. The SMILES string of the molecule is COCCN1C(=O)CCC2(C(=O)NCc3ccccc3OC)CCCC=C12. The summed E-state index contributed by atoms with van der Waals surface area (Å²) in [7, 11) is 3.25. The van der Waals surface area contributed by atoms with Gasteiger partial charge in [-0.1, -0.05) is 24.3 Å². The Kier molecular flexibility index (Phi) is 6.16. The minimum Gasteiger partial charge on any atom is -0.496 e. The van der Waals surface area contributed by atoms with E-state index in [9.17, 15) is 9.59 Å². The molecule has 146 valence electrons. The summed E-state index contributed by atoms with van der Waals surface area (Å²) < 4.78 is 10.5. The normalized spacial score (nSPS) is 22.1. The molecule has 0 radical (unpaired) electrons. The fourth-order valence-corrected chi connectivity index (χ4v) is 4.14.